The van der Waals surface area contributed by atoms with Crippen molar-refractivity contribution in [3.8, 4) is 11.3 Å². The molecule has 2 fully saturated rings. The summed E-state index contributed by atoms with van der Waals surface area (Å²) in [7, 11) is 2.11. The summed E-state index contributed by atoms with van der Waals surface area (Å²) >= 11 is 6.05. The van der Waals surface area contributed by atoms with Gasteiger partial charge < -0.3 is 9.32 Å². The molecule has 2 amide bonds. The van der Waals surface area contributed by atoms with E-state index in [2.05, 4.69) is 30.4 Å². The van der Waals surface area contributed by atoms with Crippen LogP contribution in [-0.4, -0.2) is 65.5 Å². The van der Waals surface area contributed by atoms with Crippen molar-refractivity contribution in [2.24, 2.45) is 5.84 Å². The highest BCUT2D eigenvalue weighted by atomic mass is 35.5. The lowest BCUT2D eigenvalue weighted by atomic mass is 9.98. The maximum atomic E-state index is 13.2. The number of amides is 2. The molecule has 0 saturated carbocycles. The average molecular weight is 444 g/mol. The first-order valence-electron chi connectivity index (χ1n) is 10.7. The minimum absolute atomic E-state index is 0.248. The fourth-order valence-corrected chi connectivity index (χ4v) is 4.62. The first kappa shape index (κ1) is 21.9. The molecule has 2 N–H and O–H groups in total. The molecule has 1 aromatic heterocycles. The van der Waals surface area contributed by atoms with Crippen molar-refractivity contribution in [1.29, 1.82) is 0 Å². The highest BCUT2D eigenvalue weighted by molar-refractivity contribution is 6.30. The molecule has 2 saturated heterocycles. The van der Waals surface area contributed by atoms with Crippen LogP contribution in [0.4, 0.5) is 4.79 Å². The number of carbonyl (C=O) groups excluding carboxylic acids is 1. The first-order chi connectivity index (χ1) is 14.9. The number of halogens is 1. The van der Waals surface area contributed by atoms with Crippen LogP contribution >= 0.6 is 11.6 Å². The van der Waals surface area contributed by atoms with Crippen LogP contribution in [0.15, 0.2) is 53.1 Å². The second kappa shape index (κ2) is 8.67. The summed E-state index contributed by atoms with van der Waals surface area (Å²) < 4.78 is 6.42. The molecule has 7 nitrogen and oxygen atoms in total. The van der Waals surface area contributed by atoms with Crippen LogP contribution in [0.3, 0.4) is 0 Å². The number of carbonyl (C=O) groups is 1. The smallest absolute Gasteiger partial charge is 0.340 e. The summed E-state index contributed by atoms with van der Waals surface area (Å²) in [5.74, 6) is 7.59. The van der Waals surface area contributed by atoms with E-state index >= 15 is 0 Å². The number of urea groups is 1. The van der Waals surface area contributed by atoms with Crippen LogP contribution in [0.5, 0.6) is 0 Å². The van der Waals surface area contributed by atoms with Crippen LogP contribution in [0, 0.1) is 0 Å². The van der Waals surface area contributed by atoms with E-state index in [0.717, 1.165) is 44.6 Å². The third kappa shape index (κ3) is 3.65. The van der Waals surface area contributed by atoms with Gasteiger partial charge >= 0.3 is 6.03 Å². The van der Waals surface area contributed by atoms with E-state index in [1.807, 2.05) is 41.3 Å². The Bertz CT molecular complexity index is 951. The Morgan fingerprint density at radius 1 is 1.13 bits per heavy atom. The van der Waals surface area contributed by atoms with E-state index in [-0.39, 0.29) is 6.03 Å². The number of hydrazine groups is 1. The third-order valence-electron chi connectivity index (χ3n) is 6.30. The van der Waals surface area contributed by atoms with Gasteiger partial charge in [-0.15, -0.1) is 0 Å². The van der Waals surface area contributed by atoms with Crippen LogP contribution in [-0.2, 0) is 5.66 Å². The number of piperazine rings is 1. The molecule has 4 rings (SSSR count). The predicted octanol–water partition coefficient (Wildman–Crippen LogP) is 3.93. The van der Waals surface area contributed by atoms with Crippen molar-refractivity contribution in [3.63, 3.8) is 0 Å². The summed E-state index contributed by atoms with van der Waals surface area (Å²) in [6.07, 6.45) is 1.83. The first-order valence-corrected chi connectivity index (χ1v) is 11.1. The normalized spacial score (nSPS) is 23.2. The monoisotopic (exact) mass is 443 g/mol. The lowest BCUT2D eigenvalue weighted by molar-refractivity contribution is -0.0330. The van der Waals surface area contributed by atoms with Gasteiger partial charge in [-0.25, -0.2) is 15.6 Å². The zero-order chi connectivity index (χ0) is 22.2. The van der Waals surface area contributed by atoms with E-state index in [0.29, 0.717) is 28.8 Å². The highest BCUT2D eigenvalue weighted by Crippen LogP contribution is 2.47. The van der Waals surface area contributed by atoms with Gasteiger partial charge in [-0.2, -0.15) is 0 Å². The van der Waals surface area contributed by atoms with Gasteiger partial charge in [-0.3, -0.25) is 9.80 Å². The van der Waals surface area contributed by atoms with Gasteiger partial charge in [0.1, 0.15) is 5.76 Å². The second-order valence-corrected chi connectivity index (χ2v) is 8.67. The molecule has 0 bridgehead atoms. The Morgan fingerprint density at radius 3 is 2.45 bits per heavy atom. The van der Waals surface area contributed by atoms with Gasteiger partial charge in [-0.05, 0) is 49.9 Å². The summed E-state index contributed by atoms with van der Waals surface area (Å²) in [6, 6.07) is 11.1. The molecule has 1 unspecified atom stereocenters. The molecule has 1 aromatic carbocycles. The fourth-order valence-electron chi connectivity index (χ4n) is 4.49. The Hall–Kier alpha value is -2.32. The molecule has 2 aliphatic rings. The zero-order valence-electron chi connectivity index (χ0n) is 18.2. The average Bonchev–Trinajstić information content (AvgIpc) is 3.33. The molecule has 1 atom stereocenters. The van der Waals surface area contributed by atoms with Gasteiger partial charge in [0.15, 0.2) is 11.4 Å². The number of likely N-dealkylation sites (N-methyl/N-ethyl adjacent to an activating group) is 1. The molecule has 8 heteroatoms. The topological polar surface area (TPSA) is 69.2 Å². The molecular weight excluding hydrogens is 414 g/mol. The van der Waals surface area contributed by atoms with E-state index in [4.69, 9.17) is 21.9 Å². The number of hydrogen-bond acceptors (Lipinski definition) is 5. The molecule has 166 valence electrons. The van der Waals surface area contributed by atoms with Gasteiger partial charge in [-0.1, -0.05) is 31.5 Å². The number of nitrogens with zero attached hydrogens (tertiary/aromatic N) is 4. The lowest BCUT2D eigenvalue weighted by Gasteiger charge is -2.47. The van der Waals surface area contributed by atoms with Crippen molar-refractivity contribution < 1.29 is 9.21 Å². The van der Waals surface area contributed by atoms with Gasteiger partial charge in [0.25, 0.3) is 0 Å². The van der Waals surface area contributed by atoms with Crippen molar-refractivity contribution in [3.05, 3.63) is 59.5 Å². The number of hydrogen-bond donors (Lipinski definition) is 1. The molecule has 0 spiro atoms. The van der Waals surface area contributed by atoms with Gasteiger partial charge in [0.2, 0.25) is 0 Å². The highest BCUT2D eigenvalue weighted by Gasteiger charge is 2.59. The quantitative estimate of drug-likeness (QED) is 0.541. The van der Waals surface area contributed by atoms with Gasteiger partial charge in [0.05, 0.1) is 5.70 Å². The minimum Gasteiger partial charge on any atom is -0.457 e. The van der Waals surface area contributed by atoms with Crippen LogP contribution in [0.1, 0.15) is 25.5 Å². The van der Waals surface area contributed by atoms with Crippen molar-refractivity contribution in [2.75, 3.05) is 39.8 Å². The van der Waals surface area contributed by atoms with E-state index in [1.54, 1.807) is 0 Å². The third-order valence-corrected chi connectivity index (χ3v) is 6.55. The summed E-state index contributed by atoms with van der Waals surface area (Å²) in [6.45, 7) is 10.3. The summed E-state index contributed by atoms with van der Waals surface area (Å²) in [5.41, 5.74) is 0.506. The molecule has 31 heavy (non-hydrogen) atoms. The molecular formula is C23H30ClN5O2. The molecule has 0 radical (unpaired) electrons. The second-order valence-electron chi connectivity index (χ2n) is 8.24. The van der Waals surface area contributed by atoms with Gasteiger partial charge in [0, 0.05) is 43.3 Å². The van der Waals surface area contributed by atoms with Crippen LogP contribution < -0.4 is 5.84 Å². The van der Waals surface area contributed by atoms with Crippen LogP contribution in [0.25, 0.3) is 11.3 Å². The molecule has 0 aliphatic carbocycles. The Labute approximate surface area is 188 Å². The zero-order valence-corrected chi connectivity index (χ0v) is 18.9. The Morgan fingerprint density at radius 2 is 1.81 bits per heavy atom. The number of furan rings is 1. The lowest BCUT2D eigenvalue weighted by Crippen LogP contribution is -2.61. The number of rotatable bonds is 6. The van der Waals surface area contributed by atoms with E-state index in [1.165, 1.54) is 5.01 Å². The summed E-state index contributed by atoms with van der Waals surface area (Å²) in [5, 5.41) is 1.85. The van der Waals surface area contributed by atoms with Crippen molar-refractivity contribution in [1.82, 2.24) is 19.7 Å². The number of nitrogens with two attached hydrogens (primary N) is 1. The number of unbranched alkanes of at least 4 members (excludes halogenated alkanes) is 1. The maximum absolute atomic E-state index is 13.2. The summed E-state index contributed by atoms with van der Waals surface area (Å²) in [4.78, 5) is 19.6. The fraction of sp³-hybridized carbons (Fsp3) is 0.435. The molecule has 2 aliphatic heterocycles. The van der Waals surface area contributed by atoms with E-state index < -0.39 is 5.66 Å². The Kier molecular flexibility index (Phi) is 6.12. The standard InChI is InChI=1S/C23H30ClN5O2/c1-4-5-12-28-22(30)29(25)17(2)23(28,27-15-13-26(3)14-16-27)21-11-10-20(31-21)18-6-8-19(24)9-7-18/h6-11H,2,4-5,12-16,25H2,1,3H3. The minimum atomic E-state index is -0.938. The largest absolute Gasteiger partial charge is 0.457 e. The molecule has 2 aromatic rings. The van der Waals surface area contributed by atoms with Crippen LogP contribution in [0.2, 0.25) is 5.02 Å². The maximum Gasteiger partial charge on any atom is 0.340 e. The number of benzene rings is 1. The SMILES string of the molecule is C=C1N(N)C(=O)N(CCCC)C1(c1ccc(-c2ccc(Cl)cc2)o1)N1CCN(C)CC1. The van der Waals surface area contributed by atoms with E-state index in [9.17, 15) is 4.79 Å². The predicted molar refractivity (Wildman–Crippen MR) is 122 cm³/mol. The molecule has 3 heterocycles. The Balaban J connectivity index is 1.82. The van der Waals surface area contributed by atoms with Crippen molar-refractivity contribution in [2.45, 2.75) is 25.4 Å². The van der Waals surface area contributed by atoms with Crippen molar-refractivity contribution >= 4 is 17.6 Å².